The highest BCUT2D eigenvalue weighted by molar-refractivity contribution is 5.93. The minimum absolute atomic E-state index is 0.106. The zero-order chi connectivity index (χ0) is 49.1. The second-order valence-corrected chi connectivity index (χ2v) is 18.8. The standard InChI is InChI=1S/C66H54O6/c67-41-37-45-17-29-51(30-18-45)65(59-13-5-1-9-55(59)56-10-2-6-14-60(56)65)53-33-21-47(22-34-53)39-43-71-63(69)49-25-27-50(28-26-49)64(70)72-44-40-48-23-35-54(36-24-48)66(52-31-19-46(20-32-52)38-42-68)61-15-7-3-11-57(61)58-12-4-8-16-62(58)66/h1-36,67-68H,37-44H2. The van der Waals surface area contributed by atoms with Gasteiger partial charge < -0.3 is 19.7 Å². The molecule has 9 aromatic rings. The number of esters is 2. The molecular formula is C66H54O6. The lowest BCUT2D eigenvalue weighted by Gasteiger charge is -2.34. The highest BCUT2D eigenvalue weighted by atomic mass is 16.5. The van der Waals surface area contributed by atoms with Gasteiger partial charge in [-0.25, -0.2) is 9.59 Å². The highest BCUT2D eigenvalue weighted by Gasteiger charge is 2.47. The molecule has 2 aliphatic carbocycles. The van der Waals surface area contributed by atoms with Crippen molar-refractivity contribution in [1.29, 1.82) is 0 Å². The fraction of sp³-hybridized carbons (Fsp3) is 0.152. The molecule has 354 valence electrons. The summed E-state index contributed by atoms with van der Waals surface area (Å²) in [5, 5.41) is 19.2. The quantitative estimate of drug-likeness (QED) is 0.0938. The van der Waals surface area contributed by atoms with E-state index in [1.54, 1.807) is 24.3 Å². The Labute approximate surface area is 420 Å². The van der Waals surface area contributed by atoms with Gasteiger partial charge in [0.2, 0.25) is 0 Å². The third-order valence-electron chi connectivity index (χ3n) is 14.9. The van der Waals surface area contributed by atoms with E-state index in [4.69, 9.17) is 9.47 Å². The van der Waals surface area contributed by atoms with E-state index in [1.807, 2.05) is 0 Å². The molecule has 0 fully saturated rings. The Bertz CT molecular complexity index is 3070. The number of aliphatic hydroxyl groups is 2. The van der Waals surface area contributed by atoms with Gasteiger partial charge in [0.1, 0.15) is 0 Å². The predicted molar refractivity (Wildman–Crippen MR) is 283 cm³/mol. The number of fused-ring (bicyclic) bond motifs is 6. The SMILES string of the molecule is O=C(OCCc1ccc(C2(c3ccc(CCO)cc3)c3ccccc3-c3ccccc32)cc1)c1ccc(C(=O)OCCc2ccc(C3(c4ccc(CCO)cc4)c4ccccc4-c4ccccc43)cc2)cc1. The molecule has 72 heavy (non-hydrogen) atoms. The van der Waals surface area contributed by atoms with Crippen molar-refractivity contribution in [2.75, 3.05) is 26.4 Å². The first kappa shape index (κ1) is 46.2. The lowest BCUT2D eigenvalue weighted by atomic mass is 9.67. The largest absolute Gasteiger partial charge is 0.462 e. The Morgan fingerprint density at radius 2 is 0.569 bits per heavy atom. The van der Waals surface area contributed by atoms with E-state index in [0.29, 0.717) is 36.8 Å². The van der Waals surface area contributed by atoms with Crippen LogP contribution in [0.1, 0.15) is 87.5 Å². The van der Waals surface area contributed by atoms with Crippen molar-refractivity contribution in [2.45, 2.75) is 36.5 Å². The lowest BCUT2D eigenvalue weighted by Crippen LogP contribution is -2.28. The van der Waals surface area contributed by atoms with Crippen LogP contribution >= 0.6 is 0 Å². The van der Waals surface area contributed by atoms with Gasteiger partial charge in [-0.2, -0.15) is 0 Å². The van der Waals surface area contributed by atoms with Gasteiger partial charge in [0, 0.05) is 26.1 Å². The van der Waals surface area contributed by atoms with Crippen LogP contribution in [0.15, 0.2) is 218 Å². The third-order valence-corrected chi connectivity index (χ3v) is 14.9. The summed E-state index contributed by atoms with van der Waals surface area (Å²) in [6.07, 6.45) is 2.30. The van der Waals surface area contributed by atoms with Gasteiger partial charge in [0.25, 0.3) is 0 Å². The summed E-state index contributed by atoms with van der Waals surface area (Å²) in [5.41, 5.74) is 18.4. The fourth-order valence-corrected chi connectivity index (χ4v) is 11.4. The molecule has 0 radical (unpaired) electrons. The molecule has 0 unspecified atom stereocenters. The number of carbonyl (C=O) groups excluding carboxylic acids is 2. The van der Waals surface area contributed by atoms with Crippen molar-refractivity contribution in [2.24, 2.45) is 0 Å². The van der Waals surface area contributed by atoms with E-state index >= 15 is 0 Å². The number of ether oxygens (including phenoxy) is 2. The summed E-state index contributed by atoms with van der Waals surface area (Å²) >= 11 is 0. The maximum absolute atomic E-state index is 13.2. The average Bonchev–Trinajstić information content (AvgIpc) is 3.91. The van der Waals surface area contributed by atoms with Crippen LogP contribution in [-0.2, 0) is 46.0 Å². The molecule has 6 heteroatoms. The van der Waals surface area contributed by atoms with E-state index in [1.165, 1.54) is 44.5 Å². The lowest BCUT2D eigenvalue weighted by molar-refractivity contribution is 0.0494. The minimum atomic E-state index is -0.528. The Kier molecular flexibility index (Phi) is 12.8. The summed E-state index contributed by atoms with van der Waals surface area (Å²) in [7, 11) is 0. The Hall–Kier alpha value is -8.16. The number of hydrogen-bond acceptors (Lipinski definition) is 6. The molecule has 6 nitrogen and oxygen atoms in total. The molecule has 0 saturated carbocycles. The van der Waals surface area contributed by atoms with E-state index < -0.39 is 22.8 Å². The normalized spacial score (nSPS) is 13.4. The van der Waals surface area contributed by atoms with Gasteiger partial charge in [-0.3, -0.25) is 0 Å². The van der Waals surface area contributed by atoms with Gasteiger partial charge in [0.15, 0.2) is 0 Å². The third kappa shape index (κ3) is 8.13. The van der Waals surface area contributed by atoms with Crippen LogP contribution in [0.3, 0.4) is 0 Å². The van der Waals surface area contributed by atoms with Crippen LogP contribution in [0.4, 0.5) is 0 Å². The zero-order valence-electron chi connectivity index (χ0n) is 40.0. The van der Waals surface area contributed by atoms with E-state index in [9.17, 15) is 19.8 Å². The molecule has 0 amide bonds. The maximum atomic E-state index is 13.2. The van der Waals surface area contributed by atoms with Crippen LogP contribution in [0.25, 0.3) is 22.3 Å². The number of aliphatic hydroxyl groups excluding tert-OH is 2. The Morgan fingerprint density at radius 3 is 0.833 bits per heavy atom. The highest BCUT2D eigenvalue weighted by Crippen LogP contribution is 2.57. The van der Waals surface area contributed by atoms with Crippen molar-refractivity contribution < 1.29 is 29.3 Å². The topological polar surface area (TPSA) is 93.1 Å². The van der Waals surface area contributed by atoms with Gasteiger partial charge >= 0.3 is 11.9 Å². The number of rotatable bonds is 16. The van der Waals surface area contributed by atoms with Gasteiger partial charge in [-0.15, -0.1) is 0 Å². The summed E-state index contributed by atoms with van der Waals surface area (Å²) in [6, 6.07) is 75.5. The second kappa shape index (κ2) is 19.9. The molecule has 0 aromatic heterocycles. The number of carbonyl (C=O) groups is 2. The molecule has 0 heterocycles. The zero-order valence-corrected chi connectivity index (χ0v) is 40.0. The van der Waals surface area contributed by atoms with Crippen LogP contribution in [0.2, 0.25) is 0 Å². The summed E-state index contributed by atoms with van der Waals surface area (Å²) in [5.74, 6) is -0.911. The van der Waals surface area contributed by atoms with Gasteiger partial charge in [-0.05, 0) is 126 Å². The van der Waals surface area contributed by atoms with Gasteiger partial charge in [-0.1, -0.05) is 194 Å². The van der Waals surface area contributed by atoms with Crippen molar-refractivity contribution in [3.8, 4) is 22.3 Å². The van der Waals surface area contributed by atoms with Crippen molar-refractivity contribution in [1.82, 2.24) is 0 Å². The molecule has 0 atom stereocenters. The van der Waals surface area contributed by atoms with Crippen LogP contribution in [-0.4, -0.2) is 48.6 Å². The molecule has 11 rings (SSSR count). The van der Waals surface area contributed by atoms with E-state index in [0.717, 1.165) is 44.5 Å². The summed E-state index contributed by atoms with van der Waals surface area (Å²) in [4.78, 5) is 26.4. The first-order valence-corrected chi connectivity index (χ1v) is 24.9. The smallest absolute Gasteiger partial charge is 0.338 e. The minimum Gasteiger partial charge on any atom is -0.462 e. The average molecular weight is 943 g/mol. The molecule has 0 spiro atoms. The molecule has 2 N–H and O–H groups in total. The number of hydrogen-bond donors (Lipinski definition) is 2. The predicted octanol–water partition coefficient (Wildman–Crippen LogP) is 12.3. The fourth-order valence-electron chi connectivity index (χ4n) is 11.4. The first-order valence-electron chi connectivity index (χ1n) is 24.9. The van der Waals surface area contributed by atoms with E-state index in [2.05, 4.69) is 194 Å². The molecular weight excluding hydrogens is 889 g/mol. The summed E-state index contributed by atoms with van der Waals surface area (Å²) in [6.45, 7) is 0.614. The van der Waals surface area contributed by atoms with Crippen molar-refractivity contribution in [3.63, 3.8) is 0 Å². The molecule has 2 aliphatic rings. The van der Waals surface area contributed by atoms with E-state index in [-0.39, 0.29) is 26.4 Å². The van der Waals surface area contributed by atoms with Crippen LogP contribution in [0.5, 0.6) is 0 Å². The first-order chi connectivity index (χ1) is 35.4. The Balaban J connectivity index is 0.721. The molecule has 0 aliphatic heterocycles. The van der Waals surface area contributed by atoms with Crippen molar-refractivity contribution in [3.05, 3.63) is 296 Å². The van der Waals surface area contributed by atoms with Crippen LogP contribution < -0.4 is 0 Å². The Morgan fingerprint density at radius 1 is 0.319 bits per heavy atom. The number of benzene rings is 9. The van der Waals surface area contributed by atoms with Crippen LogP contribution in [0, 0.1) is 0 Å². The molecule has 0 bridgehead atoms. The molecule has 9 aromatic carbocycles. The molecule has 0 saturated heterocycles. The maximum Gasteiger partial charge on any atom is 0.338 e. The summed E-state index contributed by atoms with van der Waals surface area (Å²) < 4.78 is 11.5. The second-order valence-electron chi connectivity index (χ2n) is 18.8. The van der Waals surface area contributed by atoms with Crippen molar-refractivity contribution >= 4 is 11.9 Å². The van der Waals surface area contributed by atoms with Gasteiger partial charge in [0.05, 0.1) is 35.2 Å². The monoisotopic (exact) mass is 942 g/mol.